The van der Waals surface area contributed by atoms with Crippen LogP contribution in [0.15, 0.2) is 27.6 Å². The summed E-state index contributed by atoms with van der Waals surface area (Å²) in [6, 6.07) is 3.82. The Bertz CT molecular complexity index is 568. The fourth-order valence-corrected chi connectivity index (χ4v) is 2.92. The zero-order valence-corrected chi connectivity index (χ0v) is 13.8. The van der Waals surface area contributed by atoms with Crippen LogP contribution in [0.1, 0.15) is 6.92 Å². The zero-order chi connectivity index (χ0) is 14.5. The summed E-state index contributed by atoms with van der Waals surface area (Å²) in [7, 11) is -3.89. The fourth-order valence-electron chi connectivity index (χ4n) is 1.39. The average Bonchev–Trinajstić information content (AvgIpc) is 2.34. The lowest BCUT2D eigenvalue weighted by molar-refractivity contribution is -0.387. The maximum absolute atomic E-state index is 12.0. The van der Waals surface area contributed by atoms with Crippen molar-refractivity contribution in [1.82, 2.24) is 10.0 Å². The summed E-state index contributed by atoms with van der Waals surface area (Å²) in [5, 5.41) is 13.8. The van der Waals surface area contributed by atoms with Crippen molar-refractivity contribution in [2.24, 2.45) is 0 Å². The molecule has 0 heterocycles. The topological polar surface area (TPSA) is 101 Å². The van der Waals surface area contributed by atoms with Gasteiger partial charge in [0.2, 0.25) is 10.0 Å². The fraction of sp³-hybridized carbons (Fsp3) is 0.400. The number of nitro groups is 1. The van der Waals surface area contributed by atoms with Gasteiger partial charge in [-0.15, -0.1) is 12.4 Å². The third kappa shape index (κ3) is 5.33. The first-order valence-corrected chi connectivity index (χ1v) is 7.80. The van der Waals surface area contributed by atoms with Crippen LogP contribution in [0.5, 0.6) is 0 Å². The first-order valence-electron chi connectivity index (χ1n) is 5.53. The molecule has 0 aliphatic rings. The molecule has 0 atom stereocenters. The molecule has 0 aliphatic carbocycles. The standard InChI is InChI=1S/C10H14BrN3O4S.ClH/c1-2-12-5-6-13-19(17,18)10-4-3-8(11)7-9(10)14(15)16;/h3-4,7,12-13H,2,5-6H2,1H3;1H. The molecular formula is C10H15BrClN3O4S. The maximum atomic E-state index is 12.0. The lowest BCUT2D eigenvalue weighted by Crippen LogP contribution is -2.32. The Kier molecular flexibility index (Phi) is 8.21. The van der Waals surface area contributed by atoms with Crippen molar-refractivity contribution >= 4 is 44.0 Å². The van der Waals surface area contributed by atoms with Crippen molar-refractivity contribution < 1.29 is 13.3 Å². The van der Waals surface area contributed by atoms with E-state index in [1.807, 2.05) is 6.92 Å². The van der Waals surface area contributed by atoms with Crippen LogP contribution < -0.4 is 10.0 Å². The summed E-state index contributed by atoms with van der Waals surface area (Å²) in [6.07, 6.45) is 0. The van der Waals surface area contributed by atoms with Gasteiger partial charge in [-0.25, -0.2) is 13.1 Å². The molecule has 1 aromatic rings. The quantitative estimate of drug-likeness (QED) is 0.420. The van der Waals surface area contributed by atoms with Crippen LogP contribution in [0.25, 0.3) is 0 Å². The first kappa shape index (κ1) is 19.3. The molecule has 0 aromatic heterocycles. The van der Waals surface area contributed by atoms with Gasteiger partial charge in [0.05, 0.1) is 4.92 Å². The Morgan fingerprint density at radius 1 is 1.35 bits per heavy atom. The second-order valence-electron chi connectivity index (χ2n) is 3.62. The van der Waals surface area contributed by atoms with Gasteiger partial charge in [0.25, 0.3) is 5.69 Å². The van der Waals surface area contributed by atoms with Crippen molar-refractivity contribution in [3.8, 4) is 0 Å². The Morgan fingerprint density at radius 2 is 2.00 bits per heavy atom. The molecule has 0 unspecified atom stereocenters. The minimum absolute atomic E-state index is 0. The highest BCUT2D eigenvalue weighted by molar-refractivity contribution is 9.10. The highest BCUT2D eigenvalue weighted by atomic mass is 79.9. The summed E-state index contributed by atoms with van der Waals surface area (Å²) in [5.41, 5.74) is -0.453. The number of nitrogens with zero attached hydrogens (tertiary/aromatic N) is 1. The maximum Gasteiger partial charge on any atom is 0.290 e. The molecule has 0 amide bonds. The van der Waals surface area contributed by atoms with Crippen molar-refractivity contribution in [3.63, 3.8) is 0 Å². The van der Waals surface area contributed by atoms with E-state index >= 15 is 0 Å². The van der Waals surface area contributed by atoms with Crippen molar-refractivity contribution in [1.29, 1.82) is 0 Å². The monoisotopic (exact) mass is 387 g/mol. The molecule has 0 fully saturated rings. The molecule has 0 saturated heterocycles. The van der Waals surface area contributed by atoms with E-state index in [2.05, 4.69) is 26.0 Å². The Labute approximate surface area is 131 Å². The van der Waals surface area contributed by atoms with E-state index in [9.17, 15) is 18.5 Å². The molecule has 7 nitrogen and oxygen atoms in total. The van der Waals surface area contributed by atoms with Crippen LogP contribution in [0.2, 0.25) is 0 Å². The molecule has 114 valence electrons. The molecule has 0 bridgehead atoms. The van der Waals surface area contributed by atoms with Crippen molar-refractivity contribution in [2.75, 3.05) is 19.6 Å². The summed E-state index contributed by atoms with van der Waals surface area (Å²) >= 11 is 3.07. The van der Waals surface area contributed by atoms with Gasteiger partial charge in [0.1, 0.15) is 0 Å². The van der Waals surface area contributed by atoms with E-state index < -0.39 is 20.6 Å². The second-order valence-corrected chi connectivity index (χ2v) is 6.27. The van der Waals surface area contributed by atoms with E-state index in [0.29, 0.717) is 11.0 Å². The van der Waals surface area contributed by atoms with Crippen LogP contribution in [0.4, 0.5) is 5.69 Å². The van der Waals surface area contributed by atoms with Crippen molar-refractivity contribution in [2.45, 2.75) is 11.8 Å². The van der Waals surface area contributed by atoms with Gasteiger partial charge >= 0.3 is 0 Å². The normalized spacial score (nSPS) is 10.9. The molecule has 1 rings (SSSR count). The minimum atomic E-state index is -3.89. The summed E-state index contributed by atoms with van der Waals surface area (Å²) in [5.74, 6) is 0. The number of nitro benzene ring substituents is 1. The molecule has 1 aromatic carbocycles. The van der Waals surface area contributed by atoms with Gasteiger partial charge in [-0.05, 0) is 18.7 Å². The van der Waals surface area contributed by atoms with E-state index in [1.165, 1.54) is 18.2 Å². The molecule has 0 saturated carbocycles. The highest BCUT2D eigenvalue weighted by Crippen LogP contribution is 2.27. The Hall–Kier alpha value is -0.740. The van der Waals surface area contributed by atoms with Crippen LogP contribution in [-0.4, -0.2) is 33.0 Å². The molecular weight excluding hydrogens is 374 g/mol. The smallest absolute Gasteiger partial charge is 0.290 e. The molecule has 0 spiro atoms. The lowest BCUT2D eigenvalue weighted by atomic mass is 10.3. The van der Waals surface area contributed by atoms with Crippen LogP contribution in [0, 0.1) is 10.1 Å². The summed E-state index contributed by atoms with van der Waals surface area (Å²) in [6.45, 7) is 3.25. The van der Waals surface area contributed by atoms with E-state index in [0.717, 1.165) is 6.54 Å². The number of sulfonamides is 1. The molecule has 2 N–H and O–H groups in total. The predicted molar refractivity (Wildman–Crippen MR) is 81.8 cm³/mol. The number of hydrogen-bond donors (Lipinski definition) is 2. The van der Waals surface area contributed by atoms with E-state index in [1.54, 1.807) is 0 Å². The van der Waals surface area contributed by atoms with E-state index in [-0.39, 0.29) is 23.8 Å². The Balaban J connectivity index is 0.00000361. The highest BCUT2D eigenvalue weighted by Gasteiger charge is 2.25. The SMILES string of the molecule is CCNCCNS(=O)(=O)c1ccc(Br)cc1[N+](=O)[O-].Cl. The van der Waals surface area contributed by atoms with Gasteiger partial charge in [-0.1, -0.05) is 22.9 Å². The number of nitrogens with one attached hydrogen (secondary N) is 2. The van der Waals surface area contributed by atoms with Crippen molar-refractivity contribution in [3.05, 3.63) is 32.8 Å². The third-order valence-electron chi connectivity index (χ3n) is 2.25. The summed E-state index contributed by atoms with van der Waals surface area (Å²) < 4.78 is 26.7. The number of benzene rings is 1. The first-order chi connectivity index (χ1) is 8.88. The zero-order valence-electron chi connectivity index (χ0n) is 10.6. The largest absolute Gasteiger partial charge is 0.316 e. The number of rotatable bonds is 7. The summed E-state index contributed by atoms with van der Waals surface area (Å²) in [4.78, 5) is 9.82. The third-order valence-corrected chi connectivity index (χ3v) is 4.25. The van der Waals surface area contributed by atoms with Crippen LogP contribution in [-0.2, 0) is 10.0 Å². The number of hydrogen-bond acceptors (Lipinski definition) is 5. The molecule has 0 radical (unpaired) electrons. The number of halogens is 2. The van der Waals surface area contributed by atoms with Gasteiger partial charge < -0.3 is 5.32 Å². The van der Waals surface area contributed by atoms with E-state index in [4.69, 9.17) is 0 Å². The van der Waals surface area contributed by atoms with Gasteiger partial charge in [0, 0.05) is 23.6 Å². The van der Waals surface area contributed by atoms with Gasteiger partial charge in [-0.3, -0.25) is 10.1 Å². The molecule has 0 aliphatic heterocycles. The van der Waals surface area contributed by atoms with Crippen LogP contribution in [0.3, 0.4) is 0 Å². The predicted octanol–water partition coefficient (Wildman–Crippen LogP) is 1.67. The average molecular weight is 389 g/mol. The minimum Gasteiger partial charge on any atom is -0.316 e. The lowest BCUT2D eigenvalue weighted by Gasteiger charge is -2.07. The molecule has 10 heteroatoms. The number of likely N-dealkylation sites (N-methyl/N-ethyl adjacent to an activating group) is 1. The molecule has 20 heavy (non-hydrogen) atoms. The van der Waals surface area contributed by atoms with Crippen LogP contribution >= 0.6 is 28.3 Å². The van der Waals surface area contributed by atoms with Gasteiger partial charge in [0.15, 0.2) is 4.90 Å². The Morgan fingerprint density at radius 3 is 2.55 bits per heavy atom. The second kappa shape index (κ2) is 8.53. The van der Waals surface area contributed by atoms with Gasteiger partial charge in [-0.2, -0.15) is 0 Å².